The lowest BCUT2D eigenvalue weighted by molar-refractivity contribution is -0.384. The summed E-state index contributed by atoms with van der Waals surface area (Å²) in [5.41, 5.74) is 3.69. The van der Waals surface area contributed by atoms with Gasteiger partial charge in [0.1, 0.15) is 12.4 Å². The molecule has 0 aliphatic heterocycles. The van der Waals surface area contributed by atoms with Crippen molar-refractivity contribution in [2.75, 3.05) is 7.11 Å². The topological polar surface area (TPSA) is 103 Å². The fourth-order valence-corrected chi connectivity index (χ4v) is 4.37. The summed E-state index contributed by atoms with van der Waals surface area (Å²) in [6.07, 6.45) is 1.40. The number of carbonyl (C=O) groups is 1. The fourth-order valence-electron chi connectivity index (χ4n) is 3.17. The van der Waals surface area contributed by atoms with Gasteiger partial charge in [0.15, 0.2) is 11.5 Å². The molecule has 8 nitrogen and oxygen atoms in total. The summed E-state index contributed by atoms with van der Waals surface area (Å²) >= 11 is 7.56. The first-order valence-corrected chi connectivity index (χ1v) is 11.3. The number of ether oxygens (including phenoxy) is 2. The zero-order chi connectivity index (χ0) is 24.9. The molecule has 0 unspecified atom stereocenters. The van der Waals surface area contributed by atoms with Gasteiger partial charge in [0.2, 0.25) is 0 Å². The maximum atomic E-state index is 13.1. The number of fused-ring (bicyclic) bond motifs is 1. The number of nitro groups is 1. The standard InChI is InChI=1S/C24H17ClFN3O5S/c1-33-20-9-15(8-19(25)23(20)34-13-14-2-4-17(26)5-3-14)12-27-28-24(30)22-11-16-10-18(29(31)32)6-7-21(16)35-22/h2-12H,13H2,1H3,(H,28,30)/b27-12-. The number of nitro benzene ring substituents is 1. The van der Waals surface area contributed by atoms with Crippen LogP contribution in [0.25, 0.3) is 10.1 Å². The summed E-state index contributed by atoms with van der Waals surface area (Å²) in [6.45, 7) is 0.165. The number of hydrogen-bond donors (Lipinski definition) is 1. The van der Waals surface area contributed by atoms with Crippen LogP contribution in [-0.4, -0.2) is 24.2 Å². The number of benzene rings is 3. The average molecular weight is 514 g/mol. The molecule has 1 heterocycles. The number of nitrogens with one attached hydrogen (secondary N) is 1. The molecule has 0 aliphatic carbocycles. The van der Waals surface area contributed by atoms with Crippen LogP contribution in [0.15, 0.2) is 65.8 Å². The largest absolute Gasteiger partial charge is 0.493 e. The van der Waals surface area contributed by atoms with Gasteiger partial charge in [0, 0.05) is 22.2 Å². The minimum absolute atomic E-state index is 0.0452. The molecule has 4 aromatic rings. The third-order valence-corrected chi connectivity index (χ3v) is 6.26. The van der Waals surface area contributed by atoms with Gasteiger partial charge in [0.25, 0.3) is 11.6 Å². The summed E-state index contributed by atoms with van der Waals surface area (Å²) < 4.78 is 24.9. The summed E-state index contributed by atoms with van der Waals surface area (Å²) in [7, 11) is 1.46. The molecule has 178 valence electrons. The number of halogens is 2. The summed E-state index contributed by atoms with van der Waals surface area (Å²) in [4.78, 5) is 23.3. The van der Waals surface area contributed by atoms with Crippen molar-refractivity contribution in [3.05, 3.63) is 97.6 Å². The van der Waals surface area contributed by atoms with Gasteiger partial charge < -0.3 is 9.47 Å². The van der Waals surface area contributed by atoms with E-state index in [2.05, 4.69) is 10.5 Å². The van der Waals surface area contributed by atoms with Crippen LogP contribution in [0, 0.1) is 15.9 Å². The summed E-state index contributed by atoms with van der Waals surface area (Å²) in [5.74, 6) is -0.114. The Labute approximate surface area is 207 Å². The number of hydrogen-bond acceptors (Lipinski definition) is 7. The number of non-ortho nitro benzene ring substituents is 1. The highest BCUT2D eigenvalue weighted by molar-refractivity contribution is 7.20. The van der Waals surface area contributed by atoms with Crippen molar-refractivity contribution in [2.45, 2.75) is 6.61 Å². The van der Waals surface area contributed by atoms with Gasteiger partial charge in [0.05, 0.1) is 28.1 Å². The van der Waals surface area contributed by atoms with Crippen molar-refractivity contribution in [3.63, 3.8) is 0 Å². The highest BCUT2D eigenvalue weighted by atomic mass is 35.5. The van der Waals surface area contributed by atoms with Gasteiger partial charge in [-0.1, -0.05) is 23.7 Å². The molecule has 1 aromatic heterocycles. The van der Waals surface area contributed by atoms with Gasteiger partial charge in [-0.3, -0.25) is 14.9 Å². The molecule has 0 saturated carbocycles. The van der Waals surface area contributed by atoms with Gasteiger partial charge >= 0.3 is 0 Å². The summed E-state index contributed by atoms with van der Waals surface area (Å²) in [5, 5.41) is 15.8. The van der Waals surface area contributed by atoms with E-state index >= 15 is 0 Å². The minimum Gasteiger partial charge on any atom is -0.493 e. The van der Waals surface area contributed by atoms with E-state index in [1.165, 1.54) is 48.9 Å². The third kappa shape index (κ3) is 5.73. The Morgan fingerprint density at radius 1 is 1.20 bits per heavy atom. The molecular weight excluding hydrogens is 497 g/mol. The quantitative estimate of drug-likeness (QED) is 0.178. The van der Waals surface area contributed by atoms with Crippen LogP contribution in [0.1, 0.15) is 20.8 Å². The Balaban J connectivity index is 1.44. The Bertz CT molecular complexity index is 1440. The third-order valence-electron chi connectivity index (χ3n) is 4.86. The van der Waals surface area contributed by atoms with Crippen LogP contribution < -0.4 is 14.9 Å². The average Bonchev–Trinajstić information content (AvgIpc) is 3.27. The lowest BCUT2D eigenvalue weighted by atomic mass is 10.2. The molecule has 11 heteroatoms. The zero-order valence-electron chi connectivity index (χ0n) is 18.2. The van der Waals surface area contributed by atoms with Crippen molar-refractivity contribution in [1.29, 1.82) is 0 Å². The second-order valence-corrected chi connectivity index (χ2v) is 8.73. The van der Waals surface area contributed by atoms with Crippen molar-refractivity contribution >= 4 is 50.8 Å². The SMILES string of the molecule is COc1cc(/C=N\NC(=O)c2cc3cc([N+](=O)[O-])ccc3s2)cc(Cl)c1OCc1ccc(F)cc1. The first-order chi connectivity index (χ1) is 16.8. The highest BCUT2D eigenvalue weighted by Gasteiger charge is 2.14. The number of rotatable bonds is 8. The molecule has 35 heavy (non-hydrogen) atoms. The molecule has 1 N–H and O–H groups in total. The number of methoxy groups -OCH3 is 1. The predicted molar refractivity (Wildman–Crippen MR) is 132 cm³/mol. The molecule has 3 aromatic carbocycles. The predicted octanol–water partition coefficient (Wildman–Crippen LogP) is 5.95. The van der Waals surface area contributed by atoms with Crippen LogP contribution in [0.4, 0.5) is 10.1 Å². The molecular formula is C24H17ClFN3O5S. The van der Waals surface area contributed by atoms with E-state index in [1.54, 1.807) is 36.4 Å². The molecule has 0 atom stereocenters. The number of amides is 1. The Morgan fingerprint density at radius 2 is 1.97 bits per heavy atom. The van der Waals surface area contributed by atoms with Crippen molar-refractivity contribution < 1.29 is 23.6 Å². The maximum Gasteiger partial charge on any atom is 0.281 e. The minimum atomic E-state index is -0.486. The molecule has 0 aliphatic rings. The monoisotopic (exact) mass is 513 g/mol. The van der Waals surface area contributed by atoms with E-state index in [9.17, 15) is 19.3 Å². The first-order valence-electron chi connectivity index (χ1n) is 10.1. The van der Waals surface area contributed by atoms with Crippen LogP contribution in [0.2, 0.25) is 5.02 Å². The summed E-state index contributed by atoms with van der Waals surface area (Å²) in [6, 6.07) is 15.1. The smallest absolute Gasteiger partial charge is 0.281 e. The zero-order valence-corrected chi connectivity index (χ0v) is 19.7. The number of thiophene rings is 1. The fraction of sp³-hybridized carbons (Fsp3) is 0.0833. The number of nitrogens with zero attached hydrogens (tertiary/aromatic N) is 2. The molecule has 0 bridgehead atoms. The van der Waals surface area contributed by atoms with Gasteiger partial charge in [-0.05, 0) is 47.5 Å². The molecule has 1 amide bonds. The van der Waals surface area contributed by atoms with Crippen LogP contribution in [0.5, 0.6) is 11.5 Å². The second-order valence-electron chi connectivity index (χ2n) is 7.24. The normalized spacial score (nSPS) is 11.1. The highest BCUT2D eigenvalue weighted by Crippen LogP contribution is 2.36. The van der Waals surface area contributed by atoms with E-state index in [0.29, 0.717) is 27.3 Å². The number of hydrazone groups is 1. The molecule has 0 radical (unpaired) electrons. The van der Waals surface area contributed by atoms with Crippen molar-refractivity contribution in [3.8, 4) is 11.5 Å². The van der Waals surface area contributed by atoms with Crippen LogP contribution in [0.3, 0.4) is 0 Å². The van der Waals surface area contributed by atoms with Crippen LogP contribution >= 0.6 is 22.9 Å². The van der Waals surface area contributed by atoms with Crippen molar-refractivity contribution in [2.24, 2.45) is 5.10 Å². The first kappa shape index (κ1) is 24.1. The molecule has 4 rings (SSSR count). The Hall–Kier alpha value is -4.02. The second kappa shape index (κ2) is 10.5. The number of carbonyl (C=O) groups excluding carboxylic acids is 1. The lowest BCUT2D eigenvalue weighted by Gasteiger charge is -2.13. The van der Waals surface area contributed by atoms with Crippen LogP contribution in [-0.2, 0) is 6.61 Å². The van der Waals surface area contributed by atoms with E-state index in [0.717, 1.165) is 10.3 Å². The van der Waals surface area contributed by atoms with E-state index in [4.69, 9.17) is 21.1 Å². The van der Waals surface area contributed by atoms with E-state index < -0.39 is 10.8 Å². The van der Waals surface area contributed by atoms with E-state index in [1.807, 2.05) is 0 Å². The molecule has 0 fully saturated rings. The van der Waals surface area contributed by atoms with E-state index in [-0.39, 0.29) is 23.1 Å². The molecule has 0 saturated heterocycles. The maximum absolute atomic E-state index is 13.1. The van der Waals surface area contributed by atoms with Crippen molar-refractivity contribution in [1.82, 2.24) is 5.43 Å². The Morgan fingerprint density at radius 3 is 2.69 bits per heavy atom. The van der Waals surface area contributed by atoms with Gasteiger partial charge in [-0.25, -0.2) is 9.82 Å². The lowest BCUT2D eigenvalue weighted by Crippen LogP contribution is -2.16. The Kier molecular flexibility index (Phi) is 7.23. The molecule has 0 spiro atoms. The van der Waals surface area contributed by atoms with Gasteiger partial charge in [-0.2, -0.15) is 5.10 Å². The van der Waals surface area contributed by atoms with Gasteiger partial charge in [-0.15, -0.1) is 11.3 Å².